The van der Waals surface area contributed by atoms with Crippen LogP contribution in [-0.2, 0) is 32.6 Å². The molecule has 1 atom stereocenters. The smallest absolute Gasteiger partial charge is 0.264 e. The van der Waals surface area contributed by atoms with Crippen molar-refractivity contribution in [2.45, 2.75) is 57.1 Å². The van der Waals surface area contributed by atoms with E-state index in [-0.39, 0.29) is 23.8 Å². The van der Waals surface area contributed by atoms with Crippen molar-refractivity contribution in [3.63, 3.8) is 0 Å². The van der Waals surface area contributed by atoms with E-state index in [1.807, 2.05) is 51.1 Å². The molecule has 0 unspecified atom stereocenters. The van der Waals surface area contributed by atoms with Gasteiger partial charge in [0.25, 0.3) is 10.0 Å². The topological polar surface area (TPSA) is 86.8 Å². The van der Waals surface area contributed by atoms with Crippen molar-refractivity contribution in [2.75, 3.05) is 10.8 Å². The second-order valence-corrected chi connectivity index (χ2v) is 13.6. The summed E-state index contributed by atoms with van der Waals surface area (Å²) in [7, 11) is -4.18. The quantitative estimate of drug-likeness (QED) is 0.228. The van der Waals surface area contributed by atoms with Crippen molar-refractivity contribution in [1.82, 2.24) is 10.2 Å². The molecule has 0 fully saturated rings. The zero-order valence-corrected chi connectivity index (χ0v) is 26.2. The lowest BCUT2D eigenvalue weighted by atomic mass is 10.0. The van der Waals surface area contributed by atoms with E-state index in [4.69, 9.17) is 0 Å². The lowest BCUT2D eigenvalue weighted by Gasteiger charge is -2.35. The number of amides is 2. The largest absolute Gasteiger partial charge is 0.350 e. The van der Waals surface area contributed by atoms with E-state index in [1.165, 1.54) is 29.2 Å². The Morgan fingerprint density at radius 2 is 1.36 bits per heavy atom. The first-order valence-electron chi connectivity index (χ1n) is 14.4. The molecule has 230 valence electrons. The summed E-state index contributed by atoms with van der Waals surface area (Å²) in [6, 6.07) is 28.9. The van der Waals surface area contributed by atoms with Crippen LogP contribution in [0.3, 0.4) is 0 Å². The van der Waals surface area contributed by atoms with Crippen molar-refractivity contribution in [2.24, 2.45) is 0 Å². The van der Waals surface area contributed by atoms with Gasteiger partial charge < -0.3 is 10.2 Å². The van der Waals surface area contributed by atoms with Gasteiger partial charge in [0.05, 0.1) is 10.6 Å². The molecule has 0 heterocycles. The zero-order valence-electron chi connectivity index (χ0n) is 25.4. The second-order valence-electron chi connectivity index (χ2n) is 11.7. The number of carbonyl (C=O) groups is 2. The Morgan fingerprint density at radius 3 is 1.95 bits per heavy atom. The van der Waals surface area contributed by atoms with Crippen LogP contribution in [0, 0.1) is 12.7 Å². The molecule has 0 radical (unpaired) electrons. The Bertz CT molecular complexity index is 1670. The Labute approximate surface area is 259 Å². The molecule has 0 aliphatic rings. The number of halogens is 1. The standard InChI is InChI=1S/C35H38FN3O4S/c1-26-13-11-12-18-31(26)39(44(42,43)30-16-9-6-10-17-30)25-33(40)38(24-28-19-21-29(36)22-20-28)32(34(41)37-35(2,3)4)23-27-14-7-5-8-15-27/h5-22,32H,23-25H2,1-4H3,(H,37,41)/t32-/m1/s1. The number of hydrogen-bond acceptors (Lipinski definition) is 4. The number of hydrogen-bond donors (Lipinski definition) is 1. The average Bonchev–Trinajstić information content (AvgIpc) is 2.99. The van der Waals surface area contributed by atoms with E-state index in [2.05, 4.69) is 5.32 Å². The van der Waals surface area contributed by atoms with Gasteiger partial charge in [0.15, 0.2) is 0 Å². The van der Waals surface area contributed by atoms with Gasteiger partial charge in [-0.2, -0.15) is 0 Å². The third-order valence-electron chi connectivity index (χ3n) is 7.03. The molecule has 0 bridgehead atoms. The predicted molar refractivity (Wildman–Crippen MR) is 171 cm³/mol. The lowest BCUT2D eigenvalue weighted by molar-refractivity contribution is -0.140. The van der Waals surface area contributed by atoms with Crippen molar-refractivity contribution < 1.29 is 22.4 Å². The van der Waals surface area contributed by atoms with Gasteiger partial charge >= 0.3 is 0 Å². The maximum atomic E-state index is 14.5. The van der Waals surface area contributed by atoms with Gasteiger partial charge in [0.1, 0.15) is 18.4 Å². The molecular weight excluding hydrogens is 577 g/mol. The number of rotatable bonds is 11. The van der Waals surface area contributed by atoms with Crippen LogP contribution in [0.15, 0.2) is 114 Å². The molecule has 9 heteroatoms. The molecule has 0 saturated carbocycles. The fourth-order valence-electron chi connectivity index (χ4n) is 4.87. The molecule has 0 aliphatic heterocycles. The Morgan fingerprint density at radius 1 is 0.795 bits per heavy atom. The summed E-state index contributed by atoms with van der Waals surface area (Å²) in [6.45, 7) is 6.73. The number of aryl methyl sites for hydroxylation is 1. The Balaban J connectivity index is 1.82. The number of nitrogens with one attached hydrogen (secondary N) is 1. The molecule has 7 nitrogen and oxygen atoms in total. The summed E-state index contributed by atoms with van der Waals surface area (Å²) >= 11 is 0. The molecule has 0 saturated heterocycles. The first kappa shape index (κ1) is 32.4. The average molecular weight is 616 g/mol. The van der Waals surface area contributed by atoms with Crippen molar-refractivity contribution in [3.8, 4) is 0 Å². The summed E-state index contributed by atoms with van der Waals surface area (Å²) in [4.78, 5) is 29.8. The lowest BCUT2D eigenvalue weighted by Crippen LogP contribution is -2.56. The van der Waals surface area contributed by atoms with Gasteiger partial charge in [-0.1, -0.05) is 78.9 Å². The monoisotopic (exact) mass is 615 g/mol. The number of nitrogens with zero attached hydrogens (tertiary/aromatic N) is 2. The molecular formula is C35H38FN3O4S. The van der Waals surface area contributed by atoms with E-state index in [9.17, 15) is 22.4 Å². The SMILES string of the molecule is Cc1ccccc1N(CC(=O)N(Cc1ccc(F)cc1)[C@H](Cc1ccccc1)C(=O)NC(C)(C)C)S(=O)(=O)c1ccccc1. The summed E-state index contributed by atoms with van der Waals surface area (Å²) in [6.07, 6.45) is 0.186. The second kappa shape index (κ2) is 13.9. The molecule has 0 aromatic heterocycles. The van der Waals surface area contributed by atoms with Crippen LogP contribution in [0.4, 0.5) is 10.1 Å². The molecule has 4 aromatic carbocycles. The van der Waals surface area contributed by atoms with E-state index in [0.717, 1.165) is 9.87 Å². The highest BCUT2D eigenvalue weighted by atomic mass is 32.2. The summed E-state index contributed by atoms with van der Waals surface area (Å²) < 4.78 is 43.0. The van der Waals surface area contributed by atoms with Gasteiger partial charge in [-0.3, -0.25) is 13.9 Å². The van der Waals surface area contributed by atoms with Gasteiger partial charge in [-0.25, -0.2) is 12.8 Å². The number of benzene rings is 4. The van der Waals surface area contributed by atoms with Crippen molar-refractivity contribution >= 4 is 27.5 Å². The molecule has 0 aliphatic carbocycles. The third kappa shape index (κ3) is 8.32. The van der Waals surface area contributed by atoms with Gasteiger partial charge in [0, 0.05) is 18.5 Å². The van der Waals surface area contributed by atoms with Crippen LogP contribution in [0.1, 0.15) is 37.5 Å². The Kier molecular flexibility index (Phi) is 10.2. The van der Waals surface area contributed by atoms with Crippen LogP contribution < -0.4 is 9.62 Å². The maximum absolute atomic E-state index is 14.5. The number of para-hydroxylation sites is 1. The third-order valence-corrected chi connectivity index (χ3v) is 8.80. The first-order valence-corrected chi connectivity index (χ1v) is 15.8. The van der Waals surface area contributed by atoms with Crippen LogP contribution >= 0.6 is 0 Å². The summed E-state index contributed by atoms with van der Waals surface area (Å²) in [5.74, 6) is -1.40. The van der Waals surface area contributed by atoms with E-state index < -0.39 is 39.9 Å². The van der Waals surface area contributed by atoms with Gasteiger partial charge in [-0.05, 0) is 74.7 Å². The number of carbonyl (C=O) groups excluding carboxylic acids is 2. The summed E-state index contributed by atoms with van der Waals surface area (Å²) in [5.41, 5.74) is 1.84. The molecule has 2 amide bonds. The maximum Gasteiger partial charge on any atom is 0.264 e. The minimum absolute atomic E-state index is 0.0347. The van der Waals surface area contributed by atoms with E-state index >= 15 is 0 Å². The highest BCUT2D eigenvalue weighted by Crippen LogP contribution is 2.27. The minimum Gasteiger partial charge on any atom is -0.350 e. The summed E-state index contributed by atoms with van der Waals surface area (Å²) in [5, 5.41) is 3.00. The fraction of sp³-hybridized carbons (Fsp3) is 0.257. The molecule has 1 N–H and O–H groups in total. The van der Waals surface area contributed by atoms with Crippen LogP contribution in [0.25, 0.3) is 0 Å². The van der Waals surface area contributed by atoms with Crippen LogP contribution in [-0.4, -0.2) is 43.3 Å². The van der Waals surface area contributed by atoms with E-state index in [0.29, 0.717) is 16.8 Å². The highest BCUT2D eigenvalue weighted by Gasteiger charge is 2.35. The Hall–Kier alpha value is -4.50. The zero-order chi connectivity index (χ0) is 31.9. The van der Waals surface area contributed by atoms with Gasteiger partial charge in [-0.15, -0.1) is 0 Å². The van der Waals surface area contributed by atoms with Crippen molar-refractivity contribution in [1.29, 1.82) is 0 Å². The molecule has 44 heavy (non-hydrogen) atoms. The minimum atomic E-state index is -4.18. The van der Waals surface area contributed by atoms with Crippen molar-refractivity contribution in [3.05, 3.63) is 132 Å². The van der Waals surface area contributed by atoms with E-state index in [1.54, 1.807) is 61.5 Å². The highest BCUT2D eigenvalue weighted by molar-refractivity contribution is 7.92. The van der Waals surface area contributed by atoms with Crippen LogP contribution in [0.2, 0.25) is 0 Å². The number of sulfonamides is 1. The molecule has 4 rings (SSSR count). The molecule has 0 spiro atoms. The fourth-order valence-corrected chi connectivity index (χ4v) is 6.37. The normalized spacial score (nSPS) is 12.3. The first-order chi connectivity index (χ1) is 20.8. The predicted octanol–water partition coefficient (Wildman–Crippen LogP) is 5.88. The molecule has 4 aromatic rings. The number of anilines is 1. The van der Waals surface area contributed by atoms with Gasteiger partial charge in [0.2, 0.25) is 11.8 Å². The van der Waals surface area contributed by atoms with Crippen LogP contribution in [0.5, 0.6) is 0 Å².